The number of aromatic nitrogens is 2. The molecule has 1 amide bonds. The molecule has 1 aliphatic rings. The molecule has 94 valence electrons. The van der Waals surface area contributed by atoms with Gasteiger partial charge in [0.1, 0.15) is 5.69 Å². The Labute approximate surface area is 100 Å². The summed E-state index contributed by atoms with van der Waals surface area (Å²) in [6.07, 6.45) is 1.49. The number of carbonyl (C=O) groups excluding carboxylic acids is 1. The number of hydrogen-bond donors (Lipinski definition) is 2. The standard InChI is InChI=1S/C10H18N6O/c1-14-3-5-16(6-4-14)13-10(17)9-8(11)7-12-15(9)2/h7H,3-6,11H2,1-2H3,(H,13,17). The van der Waals surface area contributed by atoms with Gasteiger partial charge in [0, 0.05) is 33.2 Å². The number of piperazine rings is 1. The van der Waals surface area contributed by atoms with Crippen LogP contribution in [0, 0.1) is 0 Å². The fourth-order valence-electron chi connectivity index (χ4n) is 1.85. The number of nitrogen functional groups attached to an aromatic ring is 1. The lowest BCUT2D eigenvalue weighted by Gasteiger charge is -2.32. The van der Waals surface area contributed by atoms with E-state index in [2.05, 4.69) is 22.5 Å². The van der Waals surface area contributed by atoms with E-state index < -0.39 is 0 Å². The number of nitrogens with one attached hydrogen (secondary N) is 1. The van der Waals surface area contributed by atoms with Crippen molar-refractivity contribution in [2.24, 2.45) is 7.05 Å². The fourth-order valence-corrected chi connectivity index (χ4v) is 1.85. The molecule has 1 aromatic heterocycles. The van der Waals surface area contributed by atoms with E-state index in [1.165, 1.54) is 10.9 Å². The minimum absolute atomic E-state index is 0.202. The van der Waals surface area contributed by atoms with Gasteiger partial charge in [-0.1, -0.05) is 0 Å². The summed E-state index contributed by atoms with van der Waals surface area (Å²) in [7, 11) is 3.77. The average Bonchev–Trinajstić information content (AvgIpc) is 2.62. The highest BCUT2D eigenvalue weighted by Gasteiger charge is 2.20. The molecule has 0 aromatic carbocycles. The SMILES string of the molecule is CN1CCN(NC(=O)c2c(N)cnn2C)CC1. The Morgan fingerprint density at radius 1 is 1.35 bits per heavy atom. The molecule has 0 saturated carbocycles. The van der Waals surface area contributed by atoms with Gasteiger partial charge in [0.25, 0.3) is 5.91 Å². The van der Waals surface area contributed by atoms with E-state index in [1.54, 1.807) is 7.05 Å². The number of rotatable bonds is 2. The molecule has 7 nitrogen and oxygen atoms in total. The van der Waals surface area contributed by atoms with Crippen molar-refractivity contribution in [3.05, 3.63) is 11.9 Å². The summed E-state index contributed by atoms with van der Waals surface area (Å²) in [5.74, 6) is -0.202. The van der Waals surface area contributed by atoms with Gasteiger partial charge in [-0.2, -0.15) is 5.10 Å². The van der Waals surface area contributed by atoms with Crippen LogP contribution < -0.4 is 11.2 Å². The first kappa shape index (κ1) is 11.9. The van der Waals surface area contributed by atoms with E-state index in [4.69, 9.17) is 5.73 Å². The van der Waals surface area contributed by atoms with Gasteiger partial charge >= 0.3 is 0 Å². The Morgan fingerprint density at radius 3 is 2.53 bits per heavy atom. The molecule has 7 heteroatoms. The molecule has 0 unspecified atom stereocenters. The van der Waals surface area contributed by atoms with Crippen molar-refractivity contribution < 1.29 is 4.79 Å². The van der Waals surface area contributed by atoms with Crippen LogP contribution in [0.25, 0.3) is 0 Å². The van der Waals surface area contributed by atoms with Crippen molar-refractivity contribution >= 4 is 11.6 Å². The van der Waals surface area contributed by atoms with Crippen LogP contribution in [0.1, 0.15) is 10.5 Å². The summed E-state index contributed by atoms with van der Waals surface area (Å²) in [6, 6.07) is 0. The predicted molar refractivity (Wildman–Crippen MR) is 64.2 cm³/mol. The number of likely N-dealkylation sites (N-methyl/N-ethyl adjacent to an activating group) is 1. The van der Waals surface area contributed by atoms with Gasteiger partial charge in [-0.25, -0.2) is 5.01 Å². The van der Waals surface area contributed by atoms with Crippen LogP contribution in [0.2, 0.25) is 0 Å². The largest absolute Gasteiger partial charge is 0.396 e. The Morgan fingerprint density at radius 2 is 2.00 bits per heavy atom. The number of amides is 1. The first-order valence-electron chi connectivity index (χ1n) is 5.60. The van der Waals surface area contributed by atoms with Gasteiger partial charge in [-0.3, -0.25) is 14.9 Å². The van der Waals surface area contributed by atoms with Crippen LogP contribution in [-0.4, -0.2) is 58.8 Å². The number of nitrogens with zero attached hydrogens (tertiary/aromatic N) is 4. The number of anilines is 1. The smallest absolute Gasteiger partial charge is 0.285 e. The summed E-state index contributed by atoms with van der Waals surface area (Å²) >= 11 is 0. The highest BCUT2D eigenvalue weighted by molar-refractivity contribution is 5.96. The second-order valence-corrected chi connectivity index (χ2v) is 4.30. The lowest BCUT2D eigenvalue weighted by atomic mass is 10.3. The molecule has 2 heterocycles. The van der Waals surface area contributed by atoms with E-state index in [-0.39, 0.29) is 5.91 Å². The van der Waals surface area contributed by atoms with Crippen molar-refractivity contribution in [3.8, 4) is 0 Å². The summed E-state index contributed by atoms with van der Waals surface area (Å²) in [5, 5.41) is 5.86. The molecule has 1 aromatic rings. The van der Waals surface area contributed by atoms with Crippen molar-refractivity contribution in [1.82, 2.24) is 25.1 Å². The number of carbonyl (C=O) groups is 1. The summed E-state index contributed by atoms with van der Waals surface area (Å²) in [6.45, 7) is 3.53. The monoisotopic (exact) mass is 238 g/mol. The Balaban J connectivity index is 1.98. The van der Waals surface area contributed by atoms with Crippen molar-refractivity contribution in [3.63, 3.8) is 0 Å². The Kier molecular flexibility index (Phi) is 3.30. The molecule has 1 aliphatic heterocycles. The molecule has 0 radical (unpaired) electrons. The number of hydrogen-bond acceptors (Lipinski definition) is 5. The van der Waals surface area contributed by atoms with Gasteiger partial charge in [0.05, 0.1) is 11.9 Å². The Hall–Kier alpha value is -1.60. The van der Waals surface area contributed by atoms with E-state index in [0.717, 1.165) is 26.2 Å². The van der Waals surface area contributed by atoms with E-state index >= 15 is 0 Å². The highest BCUT2D eigenvalue weighted by Crippen LogP contribution is 2.09. The van der Waals surface area contributed by atoms with Crippen LogP contribution in [-0.2, 0) is 7.05 Å². The van der Waals surface area contributed by atoms with Crippen molar-refractivity contribution in [2.45, 2.75) is 0 Å². The molecule has 17 heavy (non-hydrogen) atoms. The third-order valence-electron chi connectivity index (χ3n) is 2.95. The maximum Gasteiger partial charge on any atom is 0.285 e. The third-order valence-corrected chi connectivity index (χ3v) is 2.95. The molecule has 0 aliphatic carbocycles. The maximum atomic E-state index is 12.0. The lowest BCUT2D eigenvalue weighted by Crippen LogP contribution is -2.52. The van der Waals surface area contributed by atoms with Gasteiger partial charge in [0.15, 0.2) is 0 Å². The zero-order valence-electron chi connectivity index (χ0n) is 10.2. The first-order chi connectivity index (χ1) is 8.08. The van der Waals surface area contributed by atoms with Gasteiger partial charge in [-0.15, -0.1) is 0 Å². The summed E-state index contributed by atoms with van der Waals surface area (Å²) in [4.78, 5) is 14.2. The normalized spacial score (nSPS) is 18.2. The van der Waals surface area contributed by atoms with Crippen LogP contribution in [0.5, 0.6) is 0 Å². The lowest BCUT2D eigenvalue weighted by molar-refractivity contribution is 0.0654. The average molecular weight is 238 g/mol. The van der Waals surface area contributed by atoms with Gasteiger partial charge < -0.3 is 10.6 Å². The van der Waals surface area contributed by atoms with Crippen molar-refractivity contribution in [2.75, 3.05) is 39.0 Å². The first-order valence-corrected chi connectivity index (χ1v) is 5.60. The molecular formula is C10H18N6O. The van der Waals surface area contributed by atoms with Gasteiger partial charge in [-0.05, 0) is 7.05 Å². The molecule has 1 saturated heterocycles. The van der Waals surface area contributed by atoms with E-state index in [1.807, 2.05) is 5.01 Å². The highest BCUT2D eigenvalue weighted by atomic mass is 16.2. The van der Waals surface area contributed by atoms with Crippen LogP contribution in [0.4, 0.5) is 5.69 Å². The van der Waals surface area contributed by atoms with Crippen LogP contribution >= 0.6 is 0 Å². The minimum atomic E-state index is -0.202. The molecule has 0 bridgehead atoms. The quantitative estimate of drug-likeness (QED) is 0.683. The molecular weight excluding hydrogens is 220 g/mol. The van der Waals surface area contributed by atoms with Crippen molar-refractivity contribution in [1.29, 1.82) is 0 Å². The van der Waals surface area contributed by atoms with Crippen LogP contribution in [0.3, 0.4) is 0 Å². The molecule has 1 fully saturated rings. The molecule has 0 atom stereocenters. The molecule has 3 N–H and O–H groups in total. The molecule has 0 spiro atoms. The summed E-state index contributed by atoms with van der Waals surface area (Å²) < 4.78 is 1.49. The van der Waals surface area contributed by atoms with E-state index in [0.29, 0.717) is 11.4 Å². The van der Waals surface area contributed by atoms with Crippen LogP contribution in [0.15, 0.2) is 6.20 Å². The fraction of sp³-hybridized carbons (Fsp3) is 0.600. The van der Waals surface area contributed by atoms with E-state index in [9.17, 15) is 4.79 Å². The topological polar surface area (TPSA) is 79.4 Å². The second kappa shape index (κ2) is 4.72. The zero-order valence-corrected chi connectivity index (χ0v) is 10.2. The number of nitrogens with two attached hydrogens (primary N) is 1. The maximum absolute atomic E-state index is 12.0. The predicted octanol–water partition coefficient (Wildman–Crippen LogP) is -1.11. The minimum Gasteiger partial charge on any atom is -0.396 e. The zero-order chi connectivity index (χ0) is 12.4. The molecule has 2 rings (SSSR count). The summed E-state index contributed by atoms with van der Waals surface area (Å²) in [5.41, 5.74) is 9.36. The Bertz CT molecular complexity index is 387. The number of aryl methyl sites for hydroxylation is 1. The third kappa shape index (κ3) is 2.56. The second-order valence-electron chi connectivity index (χ2n) is 4.30. The van der Waals surface area contributed by atoms with Gasteiger partial charge in [0.2, 0.25) is 0 Å². The number of hydrazine groups is 1.